The first kappa shape index (κ1) is 12.8. The van der Waals surface area contributed by atoms with E-state index in [4.69, 9.17) is 5.73 Å². The van der Waals surface area contributed by atoms with Gasteiger partial charge in [-0.2, -0.15) is 0 Å². The summed E-state index contributed by atoms with van der Waals surface area (Å²) in [5, 5.41) is 8.56. The Hall–Kier alpha value is -0.900. The van der Waals surface area contributed by atoms with Crippen LogP contribution in [0.5, 0.6) is 0 Å². The SMILES string of the molecule is CCn1cnnc1C(CN)C1C2CC3CC(C2)CC1C3. The van der Waals surface area contributed by atoms with Crippen LogP contribution in [0.25, 0.3) is 0 Å². The second-order valence-corrected chi connectivity index (χ2v) is 7.33. The van der Waals surface area contributed by atoms with Crippen molar-refractivity contribution < 1.29 is 0 Å². The molecule has 1 aromatic rings. The lowest BCUT2D eigenvalue weighted by atomic mass is 9.49. The maximum Gasteiger partial charge on any atom is 0.137 e. The van der Waals surface area contributed by atoms with Gasteiger partial charge in [-0.1, -0.05) is 0 Å². The van der Waals surface area contributed by atoms with E-state index in [1.54, 1.807) is 0 Å². The summed E-state index contributed by atoms with van der Waals surface area (Å²) < 4.78 is 2.20. The number of aryl methyl sites for hydroxylation is 1. The summed E-state index contributed by atoms with van der Waals surface area (Å²) in [7, 11) is 0. The quantitative estimate of drug-likeness (QED) is 0.917. The Morgan fingerprint density at radius 2 is 1.85 bits per heavy atom. The monoisotopic (exact) mass is 274 g/mol. The number of nitrogens with zero attached hydrogens (tertiary/aromatic N) is 3. The van der Waals surface area contributed by atoms with Crippen LogP contribution in [0.1, 0.15) is 50.8 Å². The maximum atomic E-state index is 6.19. The zero-order valence-corrected chi connectivity index (χ0v) is 12.4. The van der Waals surface area contributed by atoms with E-state index in [1.807, 2.05) is 6.33 Å². The molecule has 1 unspecified atom stereocenters. The van der Waals surface area contributed by atoms with Crippen LogP contribution in [0.2, 0.25) is 0 Å². The van der Waals surface area contributed by atoms with Gasteiger partial charge < -0.3 is 10.3 Å². The number of nitrogens with two attached hydrogens (primary N) is 1. The van der Waals surface area contributed by atoms with Crippen molar-refractivity contribution in [2.75, 3.05) is 6.54 Å². The Labute approximate surface area is 121 Å². The van der Waals surface area contributed by atoms with E-state index in [1.165, 1.54) is 32.1 Å². The molecule has 2 N–H and O–H groups in total. The van der Waals surface area contributed by atoms with Gasteiger partial charge in [0.25, 0.3) is 0 Å². The van der Waals surface area contributed by atoms with Crippen LogP contribution >= 0.6 is 0 Å². The van der Waals surface area contributed by atoms with E-state index in [0.29, 0.717) is 5.92 Å². The van der Waals surface area contributed by atoms with Gasteiger partial charge in [-0.3, -0.25) is 0 Å². The molecule has 0 spiro atoms. The Bertz CT molecular complexity index is 453. The van der Waals surface area contributed by atoms with Gasteiger partial charge in [0.1, 0.15) is 12.2 Å². The lowest BCUT2D eigenvalue weighted by Crippen LogP contribution is -2.48. The van der Waals surface area contributed by atoms with Crippen molar-refractivity contribution in [3.63, 3.8) is 0 Å². The van der Waals surface area contributed by atoms with Crippen molar-refractivity contribution >= 4 is 0 Å². The largest absolute Gasteiger partial charge is 0.330 e. The smallest absolute Gasteiger partial charge is 0.137 e. The van der Waals surface area contributed by atoms with Crippen LogP contribution in [0, 0.1) is 29.6 Å². The third-order valence-corrected chi connectivity index (χ3v) is 6.34. The summed E-state index contributed by atoms with van der Waals surface area (Å²) >= 11 is 0. The highest BCUT2D eigenvalue weighted by molar-refractivity contribution is 5.08. The van der Waals surface area contributed by atoms with E-state index in [9.17, 15) is 0 Å². The van der Waals surface area contributed by atoms with Crippen LogP contribution in [-0.2, 0) is 6.54 Å². The van der Waals surface area contributed by atoms with E-state index in [2.05, 4.69) is 21.7 Å². The first-order valence-corrected chi connectivity index (χ1v) is 8.37. The molecule has 0 radical (unpaired) electrons. The van der Waals surface area contributed by atoms with Gasteiger partial charge in [-0.05, 0) is 68.6 Å². The van der Waals surface area contributed by atoms with Crippen LogP contribution < -0.4 is 5.73 Å². The molecule has 4 nitrogen and oxygen atoms in total. The maximum absolute atomic E-state index is 6.19. The molecule has 4 bridgehead atoms. The zero-order chi connectivity index (χ0) is 13.7. The van der Waals surface area contributed by atoms with Crippen LogP contribution in [0.15, 0.2) is 6.33 Å². The minimum Gasteiger partial charge on any atom is -0.330 e. The summed E-state index contributed by atoms with van der Waals surface area (Å²) in [4.78, 5) is 0. The summed E-state index contributed by atoms with van der Waals surface area (Å²) in [5.74, 6) is 6.19. The summed E-state index contributed by atoms with van der Waals surface area (Å²) in [5.41, 5.74) is 6.19. The molecule has 0 aliphatic heterocycles. The second-order valence-electron chi connectivity index (χ2n) is 7.33. The first-order chi connectivity index (χ1) is 9.80. The van der Waals surface area contributed by atoms with E-state index < -0.39 is 0 Å². The molecule has 5 rings (SSSR count). The van der Waals surface area contributed by atoms with Crippen molar-refractivity contribution in [1.82, 2.24) is 14.8 Å². The lowest BCUT2D eigenvalue weighted by molar-refractivity contribution is -0.0482. The van der Waals surface area contributed by atoms with Crippen LogP contribution in [0.4, 0.5) is 0 Å². The van der Waals surface area contributed by atoms with Gasteiger partial charge in [-0.15, -0.1) is 10.2 Å². The fourth-order valence-corrected chi connectivity index (χ4v) is 5.85. The molecule has 1 heterocycles. The lowest BCUT2D eigenvalue weighted by Gasteiger charge is -2.56. The average molecular weight is 274 g/mol. The van der Waals surface area contributed by atoms with E-state index in [0.717, 1.165) is 48.5 Å². The van der Waals surface area contributed by atoms with Crippen molar-refractivity contribution in [3.8, 4) is 0 Å². The van der Waals surface area contributed by atoms with Gasteiger partial charge in [0.05, 0.1) is 0 Å². The first-order valence-electron chi connectivity index (χ1n) is 8.37. The summed E-state index contributed by atoms with van der Waals surface area (Å²) in [6.45, 7) is 3.84. The van der Waals surface area contributed by atoms with Crippen LogP contribution in [-0.4, -0.2) is 21.3 Å². The number of rotatable bonds is 4. The van der Waals surface area contributed by atoms with Crippen molar-refractivity contribution in [2.45, 2.75) is 51.5 Å². The molecule has 4 aliphatic carbocycles. The predicted octanol–water partition coefficient (Wildman–Crippen LogP) is 2.41. The normalized spacial score (nSPS) is 40.2. The second kappa shape index (κ2) is 4.83. The minimum absolute atomic E-state index is 0.424. The number of aromatic nitrogens is 3. The van der Waals surface area contributed by atoms with Gasteiger partial charge in [0.2, 0.25) is 0 Å². The number of hydrogen-bond acceptors (Lipinski definition) is 3. The predicted molar refractivity (Wildman–Crippen MR) is 78.0 cm³/mol. The topological polar surface area (TPSA) is 56.7 Å². The van der Waals surface area contributed by atoms with Crippen molar-refractivity contribution in [3.05, 3.63) is 12.2 Å². The standard InChI is InChI=1S/C16H26N4/c1-2-20-9-18-19-16(20)14(8-17)15-12-4-10-3-11(6-12)7-13(15)5-10/h9-15H,2-8,17H2,1H3. The molecule has 4 aliphatic rings. The number of hydrogen-bond donors (Lipinski definition) is 1. The molecule has 110 valence electrons. The highest BCUT2D eigenvalue weighted by atomic mass is 15.3. The highest BCUT2D eigenvalue weighted by Gasteiger charge is 2.51. The van der Waals surface area contributed by atoms with E-state index >= 15 is 0 Å². The highest BCUT2D eigenvalue weighted by Crippen LogP contribution is 2.59. The van der Waals surface area contributed by atoms with Crippen molar-refractivity contribution in [1.29, 1.82) is 0 Å². The Balaban J connectivity index is 1.65. The molecule has 1 aromatic heterocycles. The summed E-state index contributed by atoms with van der Waals surface area (Å²) in [6, 6.07) is 0. The Morgan fingerprint density at radius 3 is 2.40 bits per heavy atom. The van der Waals surface area contributed by atoms with Gasteiger partial charge in [0, 0.05) is 19.0 Å². The van der Waals surface area contributed by atoms with Gasteiger partial charge in [0.15, 0.2) is 0 Å². The average Bonchev–Trinajstić information content (AvgIpc) is 2.90. The molecular formula is C16H26N4. The molecule has 0 aromatic carbocycles. The molecular weight excluding hydrogens is 248 g/mol. The van der Waals surface area contributed by atoms with E-state index in [-0.39, 0.29) is 0 Å². The third kappa shape index (κ3) is 1.84. The third-order valence-electron chi connectivity index (χ3n) is 6.34. The fraction of sp³-hybridized carbons (Fsp3) is 0.875. The van der Waals surface area contributed by atoms with Crippen LogP contribution in [0.3, 0.4) is 0 Å². The molecule has 0 amide bonds. The van der Waals surface area contributed by atoms with Crippen molar-refractivity contribution in [2.24, 2.45) is 35.3 Å². The molecule has 20 heavy (non-hydrogen) atoms. The zero-order valence-electron chi connectivity index (χ0n) is 12.4. The van der Waals surface area contributed by atoms with Gasteiger partial charge in [-0.25, -0.2) is 0 Å². The Morgan fingerprint density at radius 1 is 1.20 bits per heavy atom. The molecule has 1 atom stereocenters. The van der Waals surface area contributed by atoms with Gasteiger partial charge >= 0.3 is 0 Å². The molecule has 4 fully saturated rings. The fourth-order valence-electron chi connectivity index (χ4n) is 5.85. The summed E-state index contributed by atoms with van der Waals surface area (Å²) in [6.07, 6.45) is 9.19. The molecule has 0 saturated heterocycles. The molecule has 4 heteroatoms. The minimum atomic E-state index is 0.424. The Kier molecular flexibility index (Phi) is 3.09. The molecule has 4 saturated carbocycles.